The summed E-state index contributed by atoms with van der Waals surface area (Å²) < 4.78 is 12.0. The summed E-state index contributed by atoms with van der Waals surface area (Å²) in [5.74, 6) is -0.0912. The Morgan fingerprint density at radius 3 is 2.32 bits per heavy atom. The highest BCUT2D eigenvalue weighted by molar-refractivity contribution is 5.95. The van der Waals surface area contributed by atoms with Crippen LogP contribution in [0.5, 0.6) is 5.75 Å². The van der Waals surface area contributed by atoms with Gasteiger partial charge in [-0.15, -0.1) is 0 Å². The molecule has 1 unspecified atom stereocenters. The molecule has 0 aliphatic rings. The summed E-state index contributed by atoms with van der Waals surface area (Å²) in [5.41, 5.74) is 10.5. The van der Waals surface area contributed by atoms with Crippen LogP contribution < -0.4 is 15.8 Å². The van der Waals surface area contributed by atoms with E-state index in [1.54, 1.807) is 24.3 Å². The third-order valence-corrected chi connectivity index (χ3v) is 5.94. The highest BCUT2D eigenvalue weighted by Crippen LogP contribution is 2.35. The molecule has 0 aliphatic carbocycles. The van der Waals surface area contributed by atoms with Crippen LogP contribution in [0.15, 0.2) is 66.7 Å². The van der Waals surface area contributed by atoms with Crippen LogP contribution in [0.1, 0.15) is 54.6 Å². The van der Waals surface area contributed by atoms with E-state index in [1.807, 2.05) is 36.4 Å². The molecule has 5 N–H and O–H groups in total. The first-order chi connectivity index (χ1) is 17.8. The SMILES string of the molecule is CCc1cc(CC(C)C)c(OCCOCc2ccccc2)c(C(Nc2ccc(C(=N)N)cc2)C(=O)O)c1. The molecule has 0 radical (unpaired) electrons. The Morgan fingerprint density at radius 2 is 1.73 bits per heavy atom. The number of aryl methyl sites for hydroxylation is 1. The number of amidine groups is 1. The molecule has 0 saturated carbocycles. The molecule has 0 heterocycles. The number of nitrogen functional groups attached to an aromatic ring is 1. The predicted octanol–water partition coefficient (Wildman–Crippen LogP) is 5.56. The van der Waals surface area contributed by atoms with Gasteiger partial charge in [-0.2, -0.15) is 0 Å². The number of benzene rings is 3. The quantitative estimate of drug-likeness (QED) is 0.130. The zero-order valence-corrected chi connectivity index (χ0v) is 21.8. The van der Waals surface area contributed by atoms with E-state index in [1.165, 1.54) is 0 Å². The van der Waals surface area contributed by atoms with Gasteiger partial charge < -0.3 is 25.6 Å². The van der Waals surface area contributed by atoms with Crippen molar-refractivity contribution in [2.75, 3.05) is 18.5 Å². The van der Waals surface area contributed by atoms with Gasteiger partial charge in [-0.3, -0.25) is 5.41 Å². The second-order valence-electron chi connectivity index (χ2n) is 9.42. The number of nitrogens with one attached hydrogen (secondary N) is 2. The second-order valence-corrected chi connectivity index (χ2v) is 9.42. The van der Waals surface area contributed by atoms with Crippen LogP contribution in [0.2, 0.25) is 0 Å². The third kappa shape index (κ3) is 8.08. The van der Waals surface area contributed by atoms with Crippen molar-refractivity contribution in [2.24, 2.45) is 11.7 Å². The van der Waals surface area contributed by atoms with E-state index in [-0.39, 0.29) is 5.84 Å². The van der Waals surface area contributed by atoms with Crippen LogP contribution in [-0.4, -0.2) is 30.1 Å². The van der Waals surface area contributed by atoms with Crippen molar-refractivity contribution in [3.8, 4) is 5.75 Å². The van der Waals surface area contributed by atoms with Gasteiger partial charge >= 0.3 is 5.97 Å². The van der Waals surface area contributed by atoms with Crippen LogP contribution in [0.3, 0.4) is 0 Å². The van der Waals surface area contributed by atoms with Gasteiger partial charge in [-0.25, -0.2) is 4.79 Å². The molecule has 3 rings (SSSR count). The van der Waals surface area contributed by atoms with E-state index in [2.05, 4.69) is 32.2 Å². The maximum absolute atomic E-state index is 12.5. The number of carboxylic acid groups (broad SMARTS) is 1. The van der Waals surface area contributed by atoms with Crippen molar-refractivity contribution in [3.05, 3.63) is 94.5 Å². The first-order valence-electron chi connectivity index (χ1n) is 12.6. The highest BCUT2D eigenvalue weighted by atomic mass is 16.5. The molecule has 0 bridgehead atoms. The standard InChI is InChI=1S/C30H37N3O4/c1-4-21-17-24(16-20(2)3)28(37-15-14-36-19-22-8-6-5-7-9-22)26(18-21)27(30(34)35)33-25-12-10-23(11-13-25)29(31)32/h5-13,17-18,20,27,33H,4,14-16,19H2,1-3H3,(H3,31,32)(H,34,35). The molecule has 3 aromatic rings. The first kappa shape index (κ1) is 27.7. The number of carboxylic acids is 1. The molecule has 0 aromatic heterocycles. The molecule has 0 spiro atoms. The monoisotopic (exact) mass is 503 g/mol. The van der Waals surface area contributed by atoms with E-state index >= 15 is 0 Å². The van der Waals surface area contributed by atoms with Crippen molar-refractivity contribution < 1.29 is 19.4 Å². The largest absolute Gasteiger partial charge is 0.491 e. The summed E-state index contributed by atoms with van der Waals surface area (Å²) in [6, 6.07) is 19.8. The van der Waals surface area contributed by atoms with Gasteiger partial charge in [-0.1, -0.05) is 57.2 Å². The average Bonchev–Trinajstić information content (AvgIpc) is 2.88. The summed E-state index contributed by atoms with van der Waals surface area (Å²) in [5, 5.41) is 20.9. The van der Waals surface area contributed by atoms with Crippen LogP contribution in [0, 0.1) is 11.3 Å². The zero-order valence-electron chi connectivity index (χ0n) is 21.8. The number of carbonyl (C=O) groups is 1. The van der Waals surface area contributed by atoms with Gasteiger partial charge in [0.2, 0.25) is 0 Å². The molecular weight excluding hydrogens is 466 g/mol. The molecule has 196 valence electrons. The zero-order chi connectivity index (χ0) is 26.8. The minimum Gasteiger partial charge on any atom is -0.491 e. The topological polar surface area (TPSA) is 118 Å². The fourth-order valence-corrected chi connectivity index (χ4v) is 4.12. The van der Waals surface area contributed by atoms with E-state index in [0.29, 0.717) is 48.3 Å². The van der Waals surface area contributed by atoms with Crippen LogP contribution >= 0.6 is 0 Å². The van der Waals surface area contributed by atoms with Gasteiger partial charge in [0.05, 0.1) is 13.2 Å². The summed E-state index contributed by atoms with van der Waals surface area (Å²) in [6.07, 6.45) is 1.54. The fourth-order valence-electron chi connectivity index (χ4n) is 4.12. The molecule has 0 saturated heterocycles. The Morgan fingerprint density at radius 1 is 1.03 bits per heavy atom. The minimum absolute atomic E-state index is 0.0412. The van der Waals surface area contributed by atoms with Crippen molar-refractivity contribution in [2.45, 2.75) is 46.3 Å². The predicted molar refractivity (Wildman–Crippen MR) is 147 cm³/mol. The van der Waals surface area contributed by atoms with Crippen molar-refractivity contribution >= 4 is 17.5 Å². The van der Waals surface area contributed by atoms with Gasteiger partial charge in [-0.05, 0) is 65.8 Å². The number of aliphatic carboxylic acids is 1. The summed E-state index contributed by atoms with van der Waals surface area (Å²) >= 11 is 0. The molecular formula is C30H37N3O4. The number of ether oxygens (including phenoxy) is 2. The Bertz CT molecular complexity index is 1180. The summed E-state index contributed by atoms with van der Waals surface area (Å²) in [6.45, 7) is 7.49. The fraction of sp³-hybridized carbons (Fsp3) is 0.333. The molecule has 1 atom stereocenters. The number of hydrogen-bond donors (Lipinski definition) is 4. The lowest BCUT2D eigenvalue weighted by Gasteiger charge is -2.24. The molecule has 0 amide bonds. The second kappa shape index (κ2) is 13.5. The van der Waals surface area contributed by atoms with Crippen molar-refractivity contribution in [1.29, 1.82) is 5.41 Å². The Kier molecular flexibility index (Phi) is 10.1. The summed E-state index contributed by atoms with van der Waals surface area (Å²) in [7, 11) is 0. The maximum Gasteiger partial charge on any atom is 0.330 e. The molecule has 0 aliphatic heterocycles. The average molecular weight is 504 g/mol. The van der Waals surface area contributed by atoms with E-state index in [4.69, 9.17) is 20.6 Å². The van der Waals surface area contributed by atoms with E-state index in [9.17, 15) is 9.90 Å². The normalized spacial score (nSPS) is 11.8. The number of nitrogens with two attached hydrogens (primary N) is 1. The van der Waals surface area contributed by atoms with Gasteiger partial charge in [0.1, 0.15) is 18.2 Å². The Labute approximate surface area is 219 Å². The Hall–Kier alpha value is -3.84. The lowest BCUT2D eigenvalue weighted by Crippen LogP contribution is -2.23. The van der Waals surface area contributed by atoms with Crippen molar-refractivity contribution in [3.63, 3.8) is 0 Å². The first-order valence-corrected chi connectivity index (χ1v) is 12.6. The molecule has 37 heavy (non-hydrogen) atoms. The highest BCUT2D eigenvalue weighted by Gasteiger charge is 2.26. The minimum atomic E-state index is -1.03. The van der Waals surface area contributed by atoms with Crippen molar-refractivity contribution in [1.82, 2.24) is 0 Å². The van der Waals surface area contributed by atoms with Crippen LogP contribution in [0.25, 0.3) is 0 Å². The lowest BCUT2D eigenvalue weighted by atomic mass is 9.93. The van der Waals surface area contributed by atoms with Gasteiger partial charge in [0, 0.05) is 16.8 Å². The molecule has 7 heteroatoms. The van der Waals surface area contributed by atoms with E-state index in [0.717, 1.165) is 29.5 Å². The third-order valence-electron chi connectivity index (χ3n) is 5.94. The summed E-state index contributed by atoms with van der Waals surface area (Å²) in [4.78, 5) is 12.5. The van der Waals surface area contributed by atoms with E-state index < -0.39 is 12.0 Å². The molecule has 7 nitrogen and oxygen atoms in total. The molecule has 0 fully saturated rings. The van der Waals surface area contributed by atoms with Gasteiger partial charge in [0.15, 0.2) is 6.04 Å². The van der Waals surface area contributed by atoms with Crippen LogP contribution in [-0.2, 0) is 29.0 Å². The lowest BCUT2D eigenvalue weighted by molar-refractivity contribution is -0.138. The number of anilines is 1. The maximum atomic E-state index is 12.5. The van der Waals surface area contributed by atoms with Gasteiger partial charge in [0.25, 0.3) is 0 Å². The molecule has 3 aromatic carbocycles. The Balaban J connectivity index is 1.87. The number of hydrogen-bond acceptors (Lipinski definition) is 5. The van der Waals surface area contributed by atoms with Crippen LogP contribution in [0.4, 0.5) is 5.69 Å². The smallest absolute Gasteiger partial charge is 0.330 e. The number of rotatable bonds is 14.